The summed E-state index contributed by atoms with van der Waals surface area (Å²) < 4.78 is 4.95. The number of esters is 1. The fraction of sp³-hybridized carbons (Fsp3) is 0.800. The molecule has 0 heterocycles. The fourth-order valence-electron chi connectivity index (χ4n) is 2.12. The summed E-state index contributed by atoms with van der Waals surface area (Å²) in [5, 5.41) is 2.62. The molecule has 5 heteroatoms. The van der Waals surface area contributed by atoms with Gasteiger partial charge in [-0.15, -0.1) is 0 Å². The third kappa shape index (κ3) is 2.84. The van der Waals surface area contributed by atoms with Gasteiger partial charge in [0.2, 0.25) is 0 Å². The second-order valence-corrected chi connectivity index (χ2v) is 3.95. The number of hydrogen-bond donors (Lipinski definition) is 2. The van der Waals surface area contributed by atoms with Gasteiger partial charge in [-0.05, 0) is 25.7 Å². The van der Waals surface area contributed by atoms with E-state index in [1.165, 1.54) is 0 Å². The van der Waals surface area contributed by atoms with Crippen molar-refractivity contribution in [2.45, 2.75) is 32.7 Å². The van der Waals surface area contributed by atoms with Crippen LogP contribution >= 0.6 is 0 Å². The number of nitrogens with two attached hydrogens (primary N) is 1. The van der Waals surface area contributed by atoms with E-state index in [1.807, 2.05) is 6.92 Å². The van der Waals surface area contributed by atoms with Crippen molar-refractivity contribution >= 4 is 12.0 Å². The van der Waals surface area contributed by atoms with Gasteiger partial charge in [0.25, 0.3) is 0 Å². The lowest BCUT2D eigenvalue weighted by Gasteiger charge is -2.21. The lowest BCUT2D eigenvalue weighted by Crippen LogP contribution is -2.46. The van der Waals surface area contributed by atoms with Crippen LogP contribution in [-0.2, 0) is 9.53 Å². The van der Waals surface area contributed by atoms with Gasteiger partial charge in [-0.1, -0.05) is 6.92 Å². The molecule has 86 valence electrons. The third-order valence-corrected chi connectivity index (χ3v) is 2.88. The van der Waals surface area contributed by atoms with Crippen LogP contribution in [-0.4, -0.2) is 24.6 Å². The van der Waals surface area contributed by atoms with Crippen molar-refractivity contribution in [3.05, 3.63) is 0 Å². The van der Waals surface area contributed by atoms with Crippen LogP contribution in [0, 0.1) is 11.8 Å². The largest absolute Gasteiger partial charge is 0.466 e. The zero-order valence-electron chi connectivity index (χ0n) is 9.16. The molecular formula is C10H18N2O3. The number of amides is 2. The molecule has 0 aromatic heterocycles. The first-order valence-corrected chi connectivity index (χ1v) is 5.28. The first kappa shape index (κ1) is 11.8. The highest BCUT2D eigenvalue weighted by Crippen LogP contribution is 2.31. The highest BCUT2D eigenvalue weighted by molar-refractivity contribution is 5.77. The van der Waals surface area contributed by atoms with E-state index in [2.05, 4.69) is 5.32 Å². The molecule has 3 N–H and O–H groups in total. The topological polar surface area (TPSA) is 81.4 Å². The van der Waals surface area contributed by atoms with E-state index in [0.29, 0.717) is 6.61 Å². The van der Waals surface area contributed by atoms with E-state index >= 15 is 0 Å². The van der Waals surface area contributed by atoms with Crippen LogP contribution in [0.2, 0.25) is 0 Å². The first-order chi connectivity index (χ1) is 7.06. The van der Waals surface area contributed by atoms with E-state index in [-0.39, 0.29) is 23.8 Å². The Balaban J connectivity index is 2.62. The van der Waals surface area contributed by atoms with Crippen molar-refractivity contribution in [2.24, 2.45) is 17.6 Å². The monoisotopic (exact) mass is 214 g/mol. The normalized spacial score (nSPS) is 29.9. The lowest BCUT2D eigenvalue weighted by atomic mass is 9.99. The smallest absolute Gasteiger partial charge is 0.312 e. The fourth-order valence-corrected chi connectivity index (χ4v) is 2.12. The zero-order valence-corrected chi connectivity index (χ0v) is 9.16. The maximum Gasteiger partial charge on any atom is 0.312 e. The van der Waals surface area contributed by atoms with Crippen LogP contribution < -0.4 is 11.1 Å². The summed E-state index contributed by atoms with van der Waals surface area (Å²) in [7, 11) is 0. The molecule has 15 heavy (non-hydrogen) atoms. The Hall–Kier alpha value is -1.26. The van der Waals surface area contributed by atoms with Gasteiger partial charge in [-0.25, -0.2) is 4.79 Å². The zero-order chi connectivity index (χ0) is 11.4. The maximum atomic E-state index is 11.6. The molecule has 1 rings (SSSR count). The summed E-state index contributed by atoms with van der Waals surface area (Å²) in [6, 6.07) is -0.760. The minimum atomic E-state index is -0.581. The van der Waals surface area contributed by atoms with Gasteiger partial charge in [0.15, 0.2) is 0 Å². The number of rotatable bonds is 3. The lowest BCUT2D eigenvalue weighted by molar-refractivity contribution is -0.148. The van der Waals surface area contributed by atoms with Gasteiger partial charge in [0.1, 0.15) is 0 Å². The predicted octanol–water partition coefficient (Wildman–Crippen LogP) is 0.633. The number of carbonyl (C=O) groups is 2. The molecule has 0 spiro atoms. The van der Waals surface area contributed by atoms with E-state index in [9.17, 15) is 9.59 Å². The van der Waals surface area contributed by atoms with Crippen LogP contribution in [0.5, 0.6) is 0 Å². The molecule has 0 aromatic carbocycles. The standard InChI is InChI=1S/C10H18N2O3/c1-3-15-9(13)7-5-4-6(2)8(7)12-10(11)14/h6-8H,3-5H2,1-2H3,(H3,11,12,14)/t6-,7+,8-/m0/s1. The second kappa shape index (κ2) is 5.00. The molecule has 1 fully saturated rings. The van der Waals surface area contributed by atoms with E-state index in [4.69, 9.17) is 10.5 Å². The maximum absolute atomic E-state index is 11.6. The number of primary amides is 1. The van der Waals surface area contributed by atoms with Crippen molar-refractivity contribution in [1.29, 1.82) is 0 Å². The molecule has 0 radical (unpaired) electrons. The molecular weight excluding hydrogens is 196 g/mol. The summed E-state index contributed by atoms with van der Waals surface area (Å²) in [4.78, 5) is 22.4. The molecule has 5 nitrogen and oxygen atoms in total. The molecule has 1 aliphatic rings. The Bertz CT molecular complexity index is 255. The Morgan fingerprint density at radius 2 is 2.13 bits per heavy atom. The third-order valence-electron chi connectivity index (χ3n) is 2.88. The Labute approximate surface area is 89.3 Å². The van der Waals surface area contributed by atoms with Gasteiger partial charge < -0.3 is 15.8 Å². The Morgan fingerprint density at radius 3 is 2.67 bits per heavy atom. The van der Waals surface area contributed by atoms with Crippen molar-refractivity contribution in [3.63, 3.8) is 0 Å². The van der Waals surface area contributed by atoms with Gasteiger partial charge >= 0.3 is 12.0 Å². The molecule has 0 saturated heterocycles. The minimum Gasteiger partial charge on any atom is -0.466 e. The highest BCUT2D eigenvalue weighted by atomic mass is 16.5. The molecule has 0 unspecified atom stereocenters. The van der Waals surface area contributed by atoms with E-state index < -0.39 is 6.03 Å². The second-order valence-electron chi connectivity index (χ2n) is 3.95. The average Bonchev–Trinajstić information content (AvgIpc) is 2.48. The van der Waals surface area contributed by atoms with Crippen molar-refractivity contribution < 1.29 is 14.3 Å². The van der Waals surface area contributed by atoms with Crippen molar-refractivity contribution in [3.8, 4) is 0 Å². The predicted molar refractivity (Wildman–Crippen MR) is 55.0 cm³/mol. The number of ether oxygens (including phenoxy) is 1. The van der Waals surface area contributed by atoms with Crippen LogP contribution in [0.15, 0.2) is 0 Å². The average molecular weight is 214 g/mol. The molecule has 0 aliphatic heterocycles. The van der Waals surface area contributed by atoms with Gasteiger partial charge in [-0.3, -0.25) is 4.79 Å². The van der Waals surface area contributed by atoms with Crippen LogP contribution in [0.1, 0.15) is 26.7 Å². The summed E-state index contributed by atoms with van der Waals surface area (Å²) >= 11 is 0. The van der Waals surface area contributed by atoms with Crippen LogP contribution in [0.25, 0.3) is 0 Å². The summed E-state index contributed by atoms with van der Waals surface area (Å²) in [6.07, 6.45) is 1.67. The molecule has 3 atom stereocenters. The van der Waals surface area contributed by atoms with Gasteiger partial charge in [0, 0.05) is 6.04 Å². The quantitative estimate of drug-likeness (QED) is 0.676. The van der Waals surface area contributed by atoms with E-state index in [1.54, 1.807) is 6.92 Å². The molecule has 2 amide bonds. The summed E-state index contributed by atoms with van der Waals surface area (Å²) in [5.74, 6) is -0.208. The number of urea groups is 1. The molecule has 0 aromatic rings. The number of carbonyl (C=O) groups excluding carboxylic acids is 2. The summed E-state index contributed by atoms with van der Waals surface area (Å²) in [5.41, 5.74) is 5.07. The molecule has 0 bridgehead atoms. The summed E-state index contributed by atoms with van der Waals surface area (Å²) in [6.45, 7) is 4.14. The van der Waals surface area contributed by atoms with Crippen molar-refractivity contribution in [2.75, 3.05) is 6.61 Å². The molecule has 1 saturated carbocycles. The van der Waals surface area contributed by atoms with Crippen molar-refractivity contribution in [1.82, 2.24) is 5.32 Å². The van der Waals surface area contributed by atoms with Crippen LogP contribution in [0.3, 0.4) is 0 Å². The van der Waals surface area contributed by atoms with Crippen LogP contribution in [0.4, 0.5) is 4.79 Å². The minimum absolute atomic E-state index is 0.179. The van der Waals surface area contributed by atoms with Gasteiger partial charge in [0.05, 0.1) is 12.5 Å². The number of hydrogen-bond acceptors (Lipinski definition) is 3. The Kier molecular flexibility index (Phi) is 3.94. The SMILES string of the molecule is CCOC(=O)[C@@H]1CC[C@H](C)[C@@H]1NC(N)=O. The van der Waals surface area contributed by atoms with E-state index in [0.717, 1.165) is 12.8 Å². The molecule has 1 aliphatic carbocycles. The van der Waals surface area contributed by atoms with Gasteiger partial charge in [-0.2, -0.15) is 0 Å². The highest BCUT2D eigenvalue weighted by Gasteiger charge is 2.39. The first-order valence-electron chi connectivity index (χ1n) is 5.28. The number of nitrogens with one attached hydrogen (secondary N) is 1. The Morgan fingerprint density at radius 1 is 1.47 bits per heavy atom.